The van der Waals surface area contributed by atoms with Gasteiger partial charge in [-0.15, -0.1) is 0 Å². The molecule has 1 N–H and O–H groups in total. The lowest BCUT2D eigenvalue weighted by Crippen LogP contribution is -2.35. The summed E-state index contributed by atoms with van der Waals surface area (Å²) >= 11 is 6.50. The molecule has 2 aliphatic rings. The summed E-state index contributed by atoms with van der Waals surface area (Å²) in [6.07, 6.45) is 0. The minimum Gasteiger partial charge on any atom is -0.325 e. The fourth-order valence-electron chi connectivity index (χ4n) is 4.10. The van der Waals surface area contributed by atoms with Crippen molar-refractivity contribution < 1.29 is 18.8 Å². The van der Waals surface area contributed by atoms with Crippen molar-refractivity contribution in [2.75, 3.05) is 16.8 Å². The highest BCUT2D eigenvalue weighted by atomic mass is 32.2. The molecule has 1 fully saturated rings. The first-order valence-electron chi connectivity index (χ1n) is 11.1. The molecule has 36 heavy (non-hydrogen) atoms. The zero-order valence-corrected chi connectivity index (χ0v) is 20.8. The maximum atomic E-state index is 13.6. The summed E-state index contributed by atoms with van der Waals surface area (Å²) in [4.78, 5) is 42.7. The fraction of sp³-hybridized carbons (Fsp3) is 0.111. The minimum atomic E-state index is -0.433. The molecule has 3 aromatic rings. The third kappa shape index (κ3) is 4.55. The molecule has 3 aromatic carbocycles. The first-order chi connectivity index (χ1) is 17.3. The summed E-state index contributed by atoms with van der Waals surface area (Å²) < 4.78 is 13.6. The van der Waals surface area contributed by atoms with Crippen LogP contribution in [-0.4, -0.2) is 33.5 Å². The Morgan fingerprint density at radius 2 is 1.64 bits per heavy atom. The number of para-hydroxylation sites is 1. The number of fused-ring (bicyclic) bond motifs is 1. The van der Waals surface area contributed by atoms with Crippen molar-refractivity contribution >= 4 is 63.0 Å². The smallest absolute Gasteiger partial charge is 0.267 e. The predicted octanol–water partition coefficient (Wildman–Crippen LogP) is 4.89. The van der Waals surface area contributed by atoms with E-state index in [1.54, 1.807) is 48.5 Å². The van der Waals surface area contributed by atoms with E-state index in [-0.39, 0.29) is 35.3 Å². The van der Waals surface area contributed by atoms with Gasteiger partial charge in [-0.3, -0.25) is 24.2 Å². The largest absolute Gasteiger partial charge is 0.325 e. The number of nitrogens with zero attached hydrogens (tertiary/aromatic N) is 2. The number of halogens is 1. The minimum absolute atomic E-state index is 0.167. The van der Waals surface area contributed by atoms with Crippen molar-refractivity contribution in [2.24, 2.45) is 0 Å². The van der Waals surface area contributed by atoms with E-state index in [0.29, 0.717) is 26.8 Å². The van der Waals surface area contributed by atoms with Gasteiger partial charge < -0.3 is 5.32 Å². The van der Waals surface area contributed by atoms with Crippen molar-refractivity contribution in [1.82, 2.24) is 4.90 Å². The molecular weight excluding hydrogens is 497 g/mol. The molecule has 0 bridgehead atoms. The number of thiocarbonyl (C=S) groups is 1. The van der Waals surface area contributed by atoms with Crippen molar-refractivity contribution in [3.8, 4) is 0 Å². The first kappa shape index (κ1) is 23.9. The first-order valence-corrected chi connectivity index (χ1v) is 12.3. The lowest BCUT2D eigenvalue weighted by Gasteiger charge is -2.17. The Balaban J connectivity index is 1.42. The number of benzene rings is 3. The molecule has 0 radical (unpaired) electrons. The molecule has 0 aliphatic carbocycles. The topological polar surface area (TPSA) is 69.7 Å². The number of thioether (sulfide) groups is 1. The number of aryl methyl sites for hydroxylation is 1. The van der Waals surface area contributed by atoms with E-state index < -0.39 is 11.8 Å². The molecule has 0 aromatic heterocycles. The second-order valence-corrected chi connectivity index (χ2v) is 10.1. The lowest BCUT2D eigenvalue weighted by atomic mass is 10.1. The zero-order valence-electron chi connectivity index (χ0n) is 19.2. The van der Waals surface area contributed by atoms with Gasteiger partial charge in [0.05, 0.1) is 22.7 Å². The van der Waals surface area contributed by atoms with Crippen molar-refractivity contribution in [3.63, 3.8) is 0 Å². The number of anilines is 2. The Hall–Kier alpha value is -3.82. The summed E-state index contributed by atoms with van der Waals surface area (Å²) in [7, 11) is 0. The number of rotatable bonds is 5. The highest BCUT2D eigenvalue weighted by Gasteiger charge is 2.42. The van der Waals surface area contributed by atoms with Gasteiger partial charge in [0.25, 0.3) is 11.8 Å². The Labute approximate surface area is 216 Å². The predicted molar refractivity (Wildman–Crippen MR) is 143 cm³/mol. The molecular formula is C27H20FN3O3S2. The molecule has 9 heteroatoms. The van der Waals surface area contributed by atoms with Crippen LogP contribution in [0.2, 0.25) is 0 Å². The summed E-state index contributed by atoms with van der Waals surface area (Å²) in [5.41, 5.74) is 3.78. The molecule has 5 rings (SSSR count). The van der Waals surface area contributed by atoms with Gasteiger partial charge in [-0.2, -0.15) is 0 Å². The molecule has 0 spiro atoms. The Morgan fingerprint density at radius 3 is 2.36 bits per heavy atom. The van der Waals surface area contributed by atoms with Gasteiger partial charge >= 0.3 is 0 Å². The van der Waals surface area contributed by atoms with E-state index in [0.717, 1.165) is 17.3 Å². The van der Waals surface area contributed by atoms with Crippen LogP contribution < -0.4 is 10.2 Å². The maximum Gasteiger partial charge on any atom is 0.267 e. The van der Waals surface area contributed by atoms with E-state index in [9.17, 15) is 18.8 Å². The molecule has 0 saturated carbocycles. The van der Waals surface area contributed by atoms with Gasteiger partial charge in [-0.05, 0) is 42.8 Å². The molecule has 0 unspecified atom stereocenters. The van der Waals surface area contributed by atoms with E-state index in [1.807, 2.05) is 19.1 Å². The van der Waals surface area contributed by atoms with Crippen molar-refractivity contribution in [3.05, 3.63) is 100 Å². The van der Waals surface area contributed by atoms with E-state index in [2.05, 4.69) is 5.32 Å². The van der Waals surface area contributed by atoms with Gasteiger partial charge in [-0.25, -0.2) is 4.39 Å². The molecule has 3 amide bonds. The van der Waals surface area contributed by atoms with E-state index in [1.165, 1.54) is 21.9 Å². The fourth-order valence-corrected chi connectivity index (χ4v) is 5.42. The number of nitrogens with one attached hydrogen (secondary N) is 1. The highest BCUT2D eigenvalue weighted by Crippen LogP contribution is 2.44. The van der Waals surface area contributed by atoms with Crippen LogP contribution in [-0.2, 0) is 20.9 Å². The highest BCUT2D eigenvalue weighted by molar-refractivity contribution is 8.26. The third-order valence-corrected chi connectivity index (χ3v) is 7.34. The average Bonchev–Trinajstić information content (AvgIpc) is 3.29. The van der Waals surface area contributed by atoms with Gasteiger partial charge in [0.15, 0.2) is 0 Å². The van der Waals surface area contributed by atoms with Crippen LogP contribution >= 0.6 is 24.0 Å². The van der Waals surface area contributed by atoms with Crippen LogP contribution in [0, 0.1) is 12.7 Å². The molecule has 2 heterocycles. The molecule has 2 aliphatic heterocycles. The van der Waals surface area contributed by atoms with Crippen molar-refractivity contribution in [2.45, 2.75) is 13.5 Å². The molecule has 180 valence electrons. The zero-order chi connectivity index (χ0) is 25.4. The van der Waals surface area contributed by atoms with Crippen molar-refractivity contribution in [1.29, 1.82) is 0 Å². The second-order valence-electron chi connectivity index (χ2n) is 8.41. The van der Waals surface area contributed by atoms with Crippen LogP contribution in [0.1, 0.15) is 16.7 Å². The Bertz CT molecular complexity index is 1440. The summed E-state index contributed by atoms with van der Waals surface area (Å²) in [5, 5.41) is 2.81. The molecule has 1 saturated heterocycles. The van der Waals surface area contributed by atoms with Gasteiger partial charge in [-0.1, -0.05) is 72.0 Å². The van der Waals surface area contributed by atoms with Crippen LogP contribution in [0.3, 0.4) is 0 Å². The summed E-state index contributed by atoms with van der Waals surface area (Å²) in [6, 6.07) is 20.2. The number of hydrogen-bond acceptors (Lipinski definition) is 5. The number of carbonyl (C=O) groups excluding carboxylic acids is 3. The van der Waals surface area contributed by atoms with Gasteiger partial charge in [0.1, 0.15) is 16.7 Å². The second kappa shape index (κ2) is 9.67. The van der Waals surface area contributed by atoms with Gasteiger partial charge in [0, 0.05) is 11.3 Å². The molecule has 0 atom stereocenters. The third-order valence-electron chi connectivity index (χ3n) is 5.89. The quantitative estimate of drug-likeness (QED) is 0.386. The molecule has 6 nitrogen and oxygen atoms in total. The normalized spacial score (nSPS) is 17.1. The monoisotopic (exact) mass is 517 g/mol. The van der Waals surface area contributed by atoms with Crippen LogP contribution in [0.5, 0.6) is 0 Å². The van der Waals surface area contributed by atoms with Gasteiger partial charge in [0.2, 0.25) is 5.91 Å². The van der Waals surface area contributed by atoms with E-state index >= 15 is 0 Å². The van der Waals surface area contributed by atoms with Crippen LogP contribution in [0.25, 0.3) is 5.57 Å². The van der Waals surface area contributed by atoms with E-state index in [4.69, 9.17) is 12.2 Å². The SMILES string of the molecule is Cc1ccc(NC(=O)CN2C(=O)/C(=C3/SC(=S)N(Cc4ccc(F)cc4)C3=O)c3ccccc32)cc1. The lowest BCUT2D eigenvalue weighted by molar-refractivity contribution is -0.122. The maximum absolute atomic E-state index is 13.6. The number of hydrogen-bond donors (Lipinski definition) is 1. The number of carbonyl (C=O) groups is 3. The van der Waals surface area contributed by atoms with Crippen LogP contribution in [0.4, 0.5) is 15.8 Å². The summed E-state index contributed by atoms with van der Waals surface area (Å²) in [6.45, 7) is 1.92. The summed E-state index contributed by atoms with van der Waals surface area (Å²) in [5.74, 6) is -1.55. The standard InChI is InChI=1S/C27H20FN3O3S2/c1-16-6-12-19(13-7-16)29-22(32)15-30-21-5-3-2-4-20(21)23(25(30)33)24-26(34)31(27(35)36-24)14-17-8-10-18(28)11-9-17/h2-13H,14-15H2,1H3,(H,29,32)/b24-23+. The average molecular weight is 518 g/mol. The Kier molecular flexibility index (Phi) is 6.42. The van der Waals surface area contributed by atoms with Crippen LogP contribution in [0.15, 0.2) is 77.7 Å². The number of amides is 3. The Morgan fingerprint density at radius 1 is 0.944 bits per heavy atom.